The minimum atomic E-state index is -0.266. The van der Waals surface area contributed by atoms with E-state index >= 15 is 0 Å². The van der Waals surface area contributed by atoms with Crippen molar-refractivity contribution in [1.29, 1.82) is 0 Å². The van der Waals surface area contributed by atoms with Crippen molar-refractivity contribution in [2.45, 2.75) is 31.6 Å². The molecule has 0 bridgehead atoms. The molecule has 1 unspecified atom stereocenters. The van der Waals surface area contributed by atoms with E-state index in [1.807, 2.05) is 6.08 Å². The summed E-state index contributed by atoms with van der Waals surface area (Å²) in [5.74, 6) is -0.412. The third-order valence-electron chi connectivity index (χ3n) is 4.42. The number of nitrogens with zero attached hydrogens (tertiary/aromatic N) is 2. The van der Waals surface area contributed by atoms with Gasteiger partial charge in [-0.2, -0.15) is 0 Å². The first kappa shape index (κ1) is 17.3. The molecule has 2 rings (SSSR count). The van der Waals surface area contributed by atoms with Crippen LogP contribution in [0.2, 0.25) is 0 Å². The number of halogens is 1. The molecule has 4 heteroatoms. The minimum absolute atomic E-state index is 0.145. The van der Waals surface area contributed by atoms with Crippen LogP contribution in [-0.2, 0) is 0 Å². The SMILES string of the molecule is C=CCCC(C(=C)NC)c1ncc(N2CCC(=C)CC2)cc1F. The highest BCUT2D eigenvalue weighted by Gasteiger charge is 2.21. The minimum Gasteiger partial charge on any atom is -0.391 e. The van der Waals surface area contributed by atoms with Crippen LogP contribution in [0.1, 0.15) is 37.3 Å². The maximum Gasteiger partial charge on any atom is 0.147 e. The molecule has 0 amide bonds. The van der Waals surface area contributed by atoms with Gasteiger partial charge in [0.1, 0.15) is 5.82 Å². The number of hydrogen-bond donors (Lipinski definition) is 1. The Kier molecular flexibility index (Phi) is 5.97. The summed E-state index contributed by atoms with van der Waals surface area (Å²) in [5.41, 5.74) is 3.34. The zero-order valence-corrected chi connectivity index (χ0v) is 13.9. The average Bonchev–Trinajstić information content (AvgIpc) is 2.56. The first-order chi connectivity index (χ1) is 11.1. The van der Waals surface area contributed by atoms with Crippen LogP contribution in [0.25, 0.3) is 0 Å². The molecule has 1 aliphatic heterocycles. The molecule has 124 valence electrons. The van der Waals surface area contributed by atoms with Gasteiger partial charge in [-0.1, -0.05) is 24.8 Å². The molecular weight excluding hydrogens is 289 g/mol. The van der Waals surface area contributed by atoms with Crippen LogP contribution in [0, 0.1) is 5.82 Å². The number of nitrogens with one attached hydrogen (secondary N) is 1. The zero-order valence-electron chi connectivity index (χ0n) is 13.9. The van der Waals surface area contributed by atoms with Crippen molar-refractivity contribution in [1.82, 2.24) is 10.3 Å². The first-order valence-corrected chi connectivity index (χ1v) is 8.11. The first-order valence-electron chi connectivity index (χ1n) is 8.11. The van der Waals surface area contributed by atoms with Crippen LogP contribution < -0.4 is 10.2 Å². The smallest absolute Gasteiger partial charge is 0.147 e. The monoisotopic (exact) mass is 315 g/mol. The second-order valence-electron chi connectivity index (χ2n) is 5.99. The molecule has 2 heterocycles. The highest BCUT2D eigenvalue weighted by Crippen LogP contribution is 2.30. The fraction of sp³-hybridized carbons (Fsp3) is 0.421. The second-order valence-corrected chi connectivity index (χ2v) is 5.99. The lowest BCUT2D eigenvalue weighted by Gasteiger charge is -2.30. The van der Waals surface area contributed by atoms with Crippen molar-refractivity contribution in [3.05, 3.63) is 60.9 Å². The van der Waals surface area contributed by atoms with Crippen molar-refractivity contribution in [3.63, 3.8) is 0 Å². The Morgan fingerprint density at radius 1 is 1.48 bits per heavy atom. The Morgan fingerprint density at radius 2 is 2.17 bits per heavy atom. The van der Waals surface area contributed by atoms with Gasteiger partial charge in [0.2, 0.25) is 0 Å². The predicted octanol–water partition coefficient (Wildman–Crippen LogP) is 4.16. The van der Waals surface area contributed by atoms with E-state index in [0.29, 0.717) is 5.69 Å². The Labute approximate surface area is 138 Å². The van der Waals surface area contributed by atoms with E-state index in [9.17, 15) is 4.39 Å². The van der Waals surface area contributed by atoms with Gasteiger partial charge in [0.05, 0.1) is 17.6 Å². The zero-order chi connectivity index (χ0) is 16.8. The molecule has 1 atom stereocenters. The van der Waals surface area contributed by atoms with Crippen LogP contribution in [-0.4, -0.2) is 25.1 Å². The van der Waals surface area contributed by atoms with Gasteiger partial charge in [-0.25, -0.2) is 4.39 Å². The van der Waals surface area contributed by atoms with Gasteiger partial charge in [-0.05, 0) is 25.7 Å². The van der Waals surface area contributed by atoms with Crippen molar-refractivity contribution < 1.29 is 4.39 Å². The summed E-state index contributed by atoms with van der Waals surface area (Å²) in [6, 6.07) is 1.60. The number of rotatable bonds is 7. The van der Waals surface area contributed by atoms with Gasteiger partial charge >= 0.3 is 0 Å². The highest BCUT2D eigenvalue weighted by molar-refractivity contribution is 5.47. The van der Waals surface area contributed by atoms with Crippen molar-refractivity contribution in [3.8, 4) is 0 Å². The van der Waals surface area contributed by atoms with Crippen molar-refractivity contribution >= 4 is 5.69 Å². The Hall–Kier alpha value is -2.10. The fourth-order valence-corrected chi connectivity index (χ4v) is 2.88. The lowest BCUT2D eigenvalue weighted by atomic mass is 9.95. The van der Waals surface area contributed by atoms with E-state index in [2.05, 4.69) is 34.9 Å². The van der Waals surface area contributed by atoms with E-state index < -0.39 is 0 Å². The fourth-order valence-electron chi connectivity index (χ4n) is 2.88. The summed E-state index contributed by atoms with van der Waals surface area (Å²) >= 11 is 0. The Bertz CT molecular complexity index is 584. The summed E-state index contributed by atoms with van der Waals surface area (Å²) in [6.45, 7) is 13.5. The number of aromatic nitrogens is 1. The van der Waals surface area contributed by atoms with Crippen LogP contribution in [0.15, 0.2) is 49.3 Å². The van der Waals surface area contributed by atoms with Gasteiger partial charge in [0.25, 0.3) is 0 Å². The Morgan fingerprint density at radius 3 is 2.74 bits per heavy atom. The van der Waals surface area contributed by atoms with E-state index in [-0.39, 0.29) is 11.7 Å². The normalized spacial score (nSPS) is 16.1. The maximum absolute atomic E-state index is 14.7. The van der Waals surface area contributed by atoms with E-state index in [0.717, 1.165) is 50.2 Å². The average molecular weight is 315 g/mol. The molecule has 0 aromatic carbocycles. The Balaban J connectivity index is 2.20. The molecule has 1 aromatic heterocycles. The molecular formula is C19H26FN3. The third-order valence-corrected chi connectivity index (χ3v) is 4.42. The van der Waals surface area contributed by atoms with Crippen molar-refractivity contribution in [2.75, 3.05) is 25.0 Å². The highest BCUT2D eigenvalue weighted by atomic mass is 19.1. The van der Waals surface area contributed by atoms with Crippen LogP contribution in [0.5, 0.6) is 0 Å². The van der Waals surface area contributed by atoms with Crippen LogP contribution in [0.4, 0.5) is 10.1 Å². The summed E-state index contributed by atoms with van der Waals surface area (Å²) in [6.07, 6.45) is 7.07. The standard InChI is InChI=1S/C19H26FN3/c1-5-6-7-17(15(3)21-4)19-18(20)12-16(13-22-19)23-10-8-14(2)9-11-23/h5,12-13,17,21H,1-3,6-11H2,4H3. The van der Waals surface area contributed by atoms with Gasteiger partial charge in [-0.15, -0.1) is 6.58 Å². The number of pyridine rings is 1. The van der Waals surface area contributed by atoms with E-state index in [1.54, 1.807) is 19.3 Å². The molecule has 3 nitrogen and oxygen atoms in total. The van der Waals surface area contributed by atoms with Gasteiger partial charge in [-0.3, -0.25) is 4.98 Å². The molecule has 0 aliphatic carbocycles. The summed E-state index contributed by atoms with van der Waals surface area (Å²) in [5, 5.41) is 3.03. The van der Waals surface area contributed by atoms with Gasteiger partial charge < -0.3 is 10.2 Å². The number of allylic oxidation sites excluding steroid dienone is 2. The third kappa shape index (κ3) is 4.21. The maximum atomic E-state index is 14.7. The molecule has 1 aromatic rings. The number of likely N-dealkylation sites (N-methyl/N-ethyl adjacent to an activating group) is 1. The van der Waals surface area contributed by atoms with Crippen LogP contribution >= 0.6 is 0 Å². The largest absolute Gasteiger partial charge is 0.391 e. The molecule has 23 heavy (non-hydrogen) atoms. The lowest BCUT2D eigenvalue weighted by Crippen LogP contribution is -2.30. The van der Waals surface area contributed by atoms with Gasteiger partial charge in [0.15, 0.2) is 0 Å². The molecule has 1 N–H and O–H groups in total. The summed E-state index contributed by atoms with van der Waals surface area (Å²) in [7, 11) is 1.80. The van der Waals surface area contributed by atoms with E-state index in [4.69, 9.17) is 0 Å². The second kappa shape index (κ2) is 7.95. The number of piperidine rings is 1. The molecule has 0 saturated carbocycles. The molecule has 1 fully saturated rings. The lowest BCUT2D eigenvalue weighted by molar-refractivity contribution is 0.557. The quantitative estimate of drug-likeness (QED) is 0.766. The van der Waals surface area contributed by atoms with Crippen molar-refractivity contribution in [2.24, 2.45) is 0 Å². The topological polar surface area (TPSA) is 28.2 Å². The molecule has 1 aliphatic rings. The molecule has 0 radical (unpaired) electrons. The van der Waals surface area contributed by atoms with E-state index in [1.165, 1.54) is 5.57 Å². The number of anilines is 1. The predicted molar refractivity (Wildman–Crippen MR) is 95.2 cm³/mol. The number of hydrogen-bond acceptors (Lipinski definition) is 3. The molecule has 0 spiro atoms. The summed E-state index contributed by atoms with van der Waals surface area (Å²) < 4.78 is 14.7. The van der Waals surface area contributed by atoms with Gasteiger partial charge in [0, 0.05) is 37.8 Å². The summed E-state index contributed by atoms with van der Waals surface area (Å²) in [4.78, 5) is 6.59. The van der Waals surface area contributed by atoms with Crippen LogP contribution in [0.3, 0.4) is 0 Å². The molecule has 1 saturated heterocycles.